The summed E-state index contributed by atoms with van der Waals surface area (Å²) in [6.45, 7) is 2.30. The molecule has 1 unspecified atom stereocenters. The molecule has 2 aromatic rings. The Hall–Kier alpha value is -1.95. The third-order valence-electron chi connectivity index (χ3n) is 2.99. The van der Waals surface area contributed by atoms with E-state index >= 15 is 0 Å². The summed E-state index contributed by atoms with van der Waals surface area (Å²) in [5, 5.41) is 19.8. The highest BCUT2D eigenvalue weighted by Crippen LogP contribution is 2.23. The maximum atomic E-state index is 12.9. The molecule has 0 saturated heterocycles. The molecule has 1 aromatic carbocycles. The van der Waals surface area contributed by atoms with Gasteiger partial charge in [0.1, 0.15) is 11.4 Å². The Labute approximate surface area is 141 Å². The number of nitrogens with zero attached hydrogens (tertiary/aromatic N) is 2. The Morgan fingerprint density at radius 3 is 2.54 bits per heavy atom. The average Bonchev–Trinajstić information content (AvgIpc) is 2.94. The van der Waals surface area contributed by atoms with Gasteiger partial charge in [0.2, 0.25) is 15.4 Å². The van der Waals surface area contributed by atoms with Gasteiger partial charge in [0, 0.05) is 13.5 Å². The normalized spacial score (nSPS) is 14.2. The molecule has 8 nitrogen and oxygen atoms in total. The number of amides is 1. The van der Waals surface area contributed by atoms with E-state index in [0.29, 0.717) is 16.9 Å². The summed E-state index contributed by atoms with van der Waals surface area (Å²) in [5.41, 5.74) is -1.20. The molecule has 3 N–H and O–H groups in total. The number of sulfonamides is 1. The van der Waals surface area contributed by atoms with Gasteiger partial charge in [0.25, 0.3) is 10.0 Å². The topological polar surface area (TPSA) is 121 Å². The van der Waals surface area contributed by atoms with Crippen LogP contribution in [0, 0.1) is 5.82 Å². The summed E-state index contributed by atoms with van der Waals surface area (Å²) in [4.78, 5) is 10.9. The predicted molar refractivity (Wildman–Crippen MR) is 85.4 cm³/mol. The van der Waals surface area contributed by atoms with Gasteiger partial charge in [-0.25, -0.2) is 17.5 Å². The zero-order chi connectivity index (χ0) is 18.0. The third-order valence-corrected chi connectivity index (χ3v) is 5.60. The molecule has 0 aliphatic rings. The first-order chi connectivity index (χ1) is 11.1. The zero-order valence-electron chi connectivity index (χ0n) is 12.8. The van der Waals surface area contributed by atoms with Crippen molar-refractivity contribution in [3.8, 4) is 0 Å². The van der Waals surface area contributed by atoms with E-state index in [1.165, 1.54) is 38.1 Å². The van der Waals surface area contributed by atoms with Gasteiger partial charge in [-0.2, -0.15) is 0 Å². The second-order valence-electron chi connectivity index (χ2n) is 5.16. The summed E-state index contributed by atoms with van der Waals surface area (Å²) >= 11 is 0.681. The molecule has 0 saturated carbocycles. The molecular weight excluding hydrogens is 359 g/mol. The molecule has 0 radical (unpaired) electrons. The lowest BCUT2D eigenvalue weighted by molar-refractivity contribution is -0.114. The Morgan fingerprint density at radius 1 is 1.33 bits per heavy atom. The van der Waals surface area contributed by atoms with Crippen LogP contribution in [0.3, 0.4) is 0 Å². The molecule has 0 fully saturated rings. The fourth-order valence-corrected chi connectivity index (χ4v) is 3.85. The van der Waals surface area contributed by atoms with Crippen LogP contribution in [0.2, 0.25) is 0 Å². The highest BCUT2D eigenvalue weighted by Gasteiger charge is 2.28. The number of aromatic nitrogens is 2. The lowest BCUT2D eigenvalue weighted by Crippen LogP contribution is -2.38. The van der Waals surface area contributed by atoms with E-state index in [1.54, 1.807) is 0 Å². The molecule has 0 aliphatic heterocycles. The summed E-state index contributed by atoms with van der Waals surface area (Å²) in [7, 11) is -4.02. The first-order valence-corrected chi connectivity index (χ1v) is 8.99. The summed E-state index contributed by atoms with van der Waals surface area (Å²) in [6.07, 6.45) is 0. The molecule has 11 heteroatoms. The second-order valence-corrected chi connectivity index (χ2v) is 8.08. The minimum absolute atomic E-state index is 0.0492. The monoisotopic (exact) mass is 374 g/mol. The summed E-state index contributed by atoms with van der Waals surface area (Å²) < 4.78 is 39.2. The fourth-order valence-electron chi connectivity index (χ4n) is 1.73. The first kappa shape index (κ1) is 18.4. The Balaban J connectivity index is 2.10. The van der Waals surface area contributed by atoms with Crippen LogP contribution in [0.15, 0.2) is 28.6 Å². The zero-order valence-corrected chi connectivity index (χ0v) is 14.4. The van der Waals surface area contributed by atoms with Crippen LogP contribution in [0.5, 0.6) is 0 Å². The van der Waals surface area contributed by atoms with Crippen molar-refractivity contribution < 1.29 is 22.7 Å². The predicted octanol–water partition coefficient (Wildman–Crippen LogP) is 0.822. The van der Waals surface area contributed by atoms with E-state index in [0.717, 1.165) is 0 Å². The van der Waals surface area contributed by atoms with Crippen molar-refractivity contribution in [1.82, 2.24) is 14.9 Å². The van der Waals surface area contributed by atoms with E-state index in [1.807, 2.05) is 0 Å². The molecule has 0 bridgehead atoms. The average molecular weight is 374 g/mol. The number of halogens is 1. The van der Waals surface area contributed by atoms with Crippen molar-refractivity contribution in [3.63, 3.8) is 0 Å². The number of nitrogens with one attached hydrogen (secondary N) is 2. The Kier molecular flexibility index (Phi) is 5.28. The van der Waals surface area contributed by atoms with Crippen LogP contribution >= 0.6 is 11.3 Å². The molecule has 1 atom stereocenters. The molecular formula is C13H15FN4O4S2. The number of carbonyl (C=O) groups is 1. The quantitative estimate of drug-likeness (QED) is 0.644. The van der Waals surface area contributed by atoms with Crippen LogP contribution < -0.4 is 10.0 Å². The van der Waals surface area contributed by atoms with E-state index < -0.39 is 27.3 Å². The Morgan fingerprint density at radius 2 is 1.96 bits per heavy atom. The molecule has 0 aliphatic carbocycles. The van der Waals surface area contributed by atoms with Crippen molar-refractivity contribution in [2.24, 2.45) is 0 Å². The second kappa shape index (κ2) is 6.89. The molecule has 130 valence electrons. The largest absolute Gasteiger partial charge is 0.384 e. The van der Waals surface area contributed by atoms with Gasteiger partial charge in [-0.15, -0.1) is 10.2 Å². The molecule has 0 spiro atoms. The van der Waals surface area contributed by atoms with E-state index in [4.69, 9.17) is 0 Å². The number of rotatable bonds is 6. The summed E-state index contributed by atoms with van der Waals surface area (Å²) in [6, 6.07) is 5.07. The molecule has 2 rings (SSSR count). The standard InChI is InChI=1S/C13H15FN4O4S2/c1-8(19)16-11-17-18-12(23-11)24(21,22)15-7-13(2,20)9-3-5-10(14)6-4-9/h3-6,15,20H,7H2,1-2H3,(H,16,17,19). The number of benzene rings is 1. The van der Waals surface area contributed by atoms with Crippen molar-refractivity contribution in [3.05, 3.63) is 35.6 Å². The smallest absolute Gasteiger partial charge is 0.269 e. The van der Waals surface area contributed by atoms with Gasteiger partial charge < -0.3 is 10.4 Å². The van der Waals surface area contributed by atoms with Crippen molar-refractivity contribution in [1.29, 1.82) is 0 Å². The van der Waals surface area contributed by atoms with Gasteiger partial charge in [0.05, 0.1) is 0 Å². The van der Waals surface area contributed by atoms with E-state index in [2.05, 4.69) is 20.2 Å². The number of carbonyl (C=O) groups excluding carboxylic acids is 1. The fraction of sp³-hybridized carbons (Fsp3) is 0.308. The summed E-state index contributed by atoms with van der Waals surface area (Å²) in [5.74, 6) is -0.864. The van der Waals surface area contributed by atoms with Crippen LogP contribution in [-0.2, 0) is 20.4 Å². The van der Waals surface area contributed by atoms with Gasteiger partial charge in [-0.3, -0.25) is 4.79 Å². The lowest BCUT2D eigenvalue weighted by atomic mass is 9.96. The van der Waals surface area contributed by atoms with Crippen LogP contribution in [0.25, 0.3) is 0 Å². The maximum absolute atomic E-state index is 12.9. The van der Waals surface area contributed by atoms with Crippen LogP contribution in [0.1, 0.15) is 19.4 Å². The first-order valence-electron chi connectivity index (χ1n) is 6.69. The van der Waals surface area contributed by atoms with Gasteiger partial charge in [-0.1, -0.05) is 23.5 Å². The maximum Gasteiger partial charge on any atom is 0.269 e. The SMILES string of the molecule is CC(=O)Nc1nnc(S(=O)(=O)NCC(C)(O)c2ccc(F)cc2)s1. The number of hydrogen-bond donors (Lipinski definition) is 3. The minimum atomic E-state index is -4.02. The lowest BCUT2D eigenvalue weighted by Gasteiger charge is -2.23. The number of aliphatic hydroxyl groups is 1. The van der Waals surface area contributed by atoms with Crippen LogP contribution in [-0.4, -0.2) is 36.2 Å². The van der Waals surface area contributed by atoms with E-state index in [-0.39, 0.29) is 16.0 Å². The van der Waals surface area contributed by atoms with Gasteiger partial charge in [0.15, 0.2) is 0 Å². The van der Waals surface area contributed by atoms with Crippen molar-refractivity contribution in [2.75, 3.05) is 11.9 Å². The molecule has 1 aromatic heterocycles. The van der Waals surface area contributed by atoms with Gasteiger partial charge >= 0.3 is 0 Å². The molecule has 1 heterocycles. The molecule has 1 amide bonds. The van der Waals surface area contributed by atoms with E-state index in [9.17, 15) is 22.7 Å². The third kappa shape index (κ3) is 4.54. The number of anilines is 1. The highest BCUT2D eigenvalue weighted by molar-refractivity contribution is 7.91. The Bertz CT molecular complexity index is 834. The van der Waals surface area contributed by atoms with Crippen LogP contribution in [0.4, 0.5) is 9.52 Å². The number of hydrogen-bond acceptors (Lipinski definition) is 7. The molecule has 24 heavy (non-hydrogen) atoms. The van der Waals surface area contributed by atoms with Gasteiger partial charge in [-0.05, 0) is 24.6 Å². The minimum Gasteiger partial charge on any atom is -0.384 e. The highest BCUT2D eigenvalue weighted by atomic mass is 32.2. The van der Waals surface area contributed by atoms with Crippen molar-refractivity contribution in [2.45, 2.75) is 23.8 Å². The van der Waals surface area contributed by atoms with Crippen molar-refractivity contribution >= 4 is 32.4 Å².